The Morgan fingerprint density at radius 2 is 2.12 bits per heavy atom. The molecule has 0 bridgehead atoms. The molecule has 1 rings (SSSR count). The van der Waals surface area contributed by atoms with Gasteiger partial charge in [-0.1, -0.05) is 4.40 Å². The molecule has 0 fully saturated rings. The van der Waals surface area contributed by atoms with Crippen LogP contribution in [-0.2, 0) is 11.4 Å². The number of ether oxygens (including phenoxy) is 1. The molecule has 1 unspecified atom stereocenters. The third-order valence-corrected chi connectivity index (χ3v) is 3.13. The van der Waals surface area contributed by atoms with E-state index >= 15 is 0 Å². The molecule has 0 radical (unpaired) electrons. The molecular weight excluding hydrogens is 224 g/mol. The van der Waals surface area contributed by atoms with E-state index in [2.05, 4.69) is 9.38 Å². The molecule has 1 aromatic heterocycles. The summed E-state index contributed by atoms with van der Waals surface area (Å²) in [5.41, 5.74) is 0.804. The fourth-order valence-electron chi connectivity index (χ4n) is 0.856. The third-order valence-electron chi connectivity index (χ3n) is 1.79. The van der Waals surface area contributed by atoms with Gasteiger partial charge in [-0.15, -0.1) is 0 Å². The first kappa shape index (κ1) is 13.0. The van der Waals surface area contributed by atoms with E-state index in [1.807, 2.05) is 26.8 Å². The van der Waals surface area contributed by atoms with Crippen molar-refractivity contribution in [2.24, 2.45) is 4.40 Å². The molecule has 16 heavy (non-hydrogen) atoms. The number of hydrogen-bond donors (Lipinski definition) is 0. The van der Waals surface area contributed by atoms with Crippen LogP contribution in [-0.4, -0.2) is 27.6 Å². The van der Waals surface area contributed by atoms with E-state index < -0.39 is 11.4 Å². The van der Waals surface area contributed by atoms with Crippen LogP contribution in [0.3, 0.4) is 0 Å². The Hall–Kier alpha value is -1.07. The van der Waals surface area contributed by atoms with Crippen LogP contribution < -0.4 is 4.74 Å². The summed E-state index contributed by atoms with van der Waals surface area (Å²) in [6.07, 6.45) is 3.19. The van der Waals surface area contributed by atoms with E-state index in [9.17, 15) is 4.55 Å². The van der Waals surface area contributed by atoms with Crippen LogP contribution in [0.2, 0.25) is 0 Å². The van der Waals surface area contributed by atoms with Gasteiger partial charge in [0.1, 0.15) is 16.1 Å². The molecule has 1 atom stereocenters. The molecule has 1 aromatic rings. The maximum absolute atomic E-state index is 11.6. The predicted molar refractivity (Wildman–Crippen MR) is 66.3 cm³/mol. The van der Waals surface area contributed by atoms with Gasteiger partial charge in [-0.3, -0.25) is 0 Å². The second-order valence-electron chi connectivity index (χ2n) is 4.23. The summed E-state index contributed by atoms with van der Waals surface area (Å²) in [6.45, 7) is 5.65. The molecule has 0 aliphatic rings. The first-order chi connectivity index (χ1) is 7.43. The SMILES string of the molecule is COc1ccc(/C=N/[S+]([O-])C(C)(C)C)cn1. The highest BCUT2D eigenvalue weighted by Crippen LogP contribution is 2.16. The van der Waals surface area contributed by atoms with Crippen LogP contribution in [0.4, 0.5) is 0 Å². The smallest absolute Gasteiger partial charge is 0.212 e. The number of pyridine rings is 1. The largest absolute Gasteiger partial charge is 0.591 e. The van der Waals surface area contributed by atoms with E-state index in [0.29, 0.717) is 5.88 Å². The Morgan fingerprint density at radius 3 is 2.56 bits per heavy atom. The summed E-state index contributed by atoms with van der Waals surface area (Å²) in [5, 5.41) is 0. The fourth-order valence-corrected chi connectivity index (χ4v) is 1.39. The zero-order valence-electron chi connectivity index (χ0n) is 9.93. The van der Waals surface area contributed by atoms with E-state index in [1.165, 1.54) is 0 Å². The number of aromatic nitrogens is 1. The van der Waals surface area contributed by atoms with Crippen molar-refractivity contribution in [3.8, 4) is 5.88 Å². The van der Waals surface area contributed by atoms with E-state index in [0.717, 1.165) is 5.56 Å². The first-order valence-electron chi connectivity index (χ1n) is 4.89. The lowest BCUT2D eigenvalue weighted by molar-refractivity contribution is 0.398. The average Bonchev–Trinajstić information content (AvgIpc) is 2.25. The summed E-state index contributed by atoms with van der Waals surface area (Å²) in [6, 6.07) is 3.55. The van der Waals surface area contributed by atoms with Crippen molar-refractivity contribution in [1.82, 2.24) is 4.98 Å². The first-order valence-corrected chi connectivity index (χ1v) is 6.00. The molecule has 0 aromatic carbocycles. The van der Waals surface area contributed by atoms with E-state index in [4.69, 9.17) is 4.74 Å². The Morgan fingerprint density at radius 1 is 1.44 bits per heavy atom. The van der Waals surface area contributed by atoms with Gasteiger partial charge in [-0.05, 0) is 26.8 Å². The molecule has 0 spiro atoms. The van der Waals surface area contributed by atoms with Gasteiger partial charge in [-0.25, -0.2) is 4.98 Å². The van der Waals surface area contributed by atoms with E-state index in [1.54, 1.807) is 25.6 Å². The van der Waals surface area contributed by atoms with Crippen LogP contribution in [0.1, 0.15) is 26.3 Å². The summed E-state index contributed by atoms with van der Waals surface area (Å²) in [4.78, 5) is 4.02. The molecule has 0 N–H and O–H groups in total. The lowest BCUT2D eigenvalue weighted by atomic mass is 10.3. The van der Waals surface area contributed by atoms with E-state index in [-0.39, 0.29) is 4.75 Å². The van der Waals surface area contributed by atoms with Gasteiger partial charge in [0.15, 0.2) is 0 Å². The molecule has 0 aliphatic carbocycles. The minimum absolute atomic E-state index is 0.337. The van der Waals surface area contributed by atoms with Crippen molar-refractivity contribution in [2.75, 3.05) is 7.11 Å². The van der Waals surface area contributed by atoms with Crippen molar-refractivity contribution in [3.63, 3.8) is 0 Å². The van der Waals surface area contributed by atoms with Crippen LogP contribution in [0, 0.1) is 0 Å². The maximum atomic E-state index is 11.6. The predicted octanol–water partition coefficient (Wildman–Crippen LogP) is 1.97. The van der Waals surface area contributed by atoms with Gasteiger partial charge in [-0.2, -0.15) is 0 Å². The Labute approximate surface area is 99.1 Å². The van der Waals surface area contributed by atoms with Crippen LogP contribution >= 0.6 is 0 Å². The Balaban J connectivity index is 2.69. The molecule has 5 heteroatoms. The third kappa shape index (κ3) is 3.83. The minimum atomic E-state index is -1.23. The fraction of sp³-hybridized carbons (Fsp3) is 0.455. The lowest BCUT2D eigenvalue weighted by Crippen LogP contribution is -2.25. The van der Waals surface area contributed by atoms with Gasteiger partial charge < -0.3 is 9.29 Å². The van der Waals surface area contributed by atoms with Crippen LogP contribution in [0.15, 0.2) is 22.7 Å². The second-order valence-corrected chi connectivity index (χ2v) is 6.16. The Bertz CT molecular complexity index is 357. The summed E-state index contributed by atoms with van der Waals surface area (Å²) < 4.78 is 20.2. The monoisotopic (exact) mass is 240 g/mol. The average molecular weight is 240 g/mol. The molecule has 0 saturated heterocycles. The molecule has 0 saturated carbocycles. The number of hydrogen-bond acceptors (Lipinski definition) is 4. The number of methoxy groups -OCH3 is 1. The standard InChI is InChI=1S/C11H16N2O2S/c1-11(2,3)16(14)13-8-9-5-6-10(15-4)12-7-9/h5-8H,1-4H3/b13-8+. The topological polar surface area (TPSA) is 57.5 Å². The second kappa shape index (κ2) is 5.32. The number of nitrogens with zero attached hydrogens (tertiary/aromatic N) is 2. The maximum Gasteiger partial charge on any atom is 0.212 e. The molecule has 88 valence electrons. The number of rotatable bonds is 3. The van der Waals surface area contributed by atoms with Crippen LogP contribution in [0.25, 0.3) is 0 Å². The zero-order valence-corrected chi connectivity index (χ0v) is 10.7. The highest BCUT2D eigenvalue weighted by atomic mass is 32.2. The van der Waals surface area contributed by atoms with Gasteiger partial charge >= 0.3 is 0 Å². The summed E-state index contributed by atoms with van der Waals surface area (Å²) in [5.74, 6) is 0.550. The van der Waals surface area contributed by atoms with Gasteiger partial charge in [0.05, 0.1) is 13.3 Å². The van der Waals surface area contributed by atoms with Gasteiger partial charge in [0.25, 0.3) is 0 Å². The molecular formula is C11H16N2O2S. The minimum Gasteiger partial charge on any atom is -0.591 e. The van der Waals surface area contributed by atoms with Crippen molar-refractivity contribution in [3.05, 3.63) is 23.9 Å². The molecule has 0 aliphatic heterocycles. The molecule has 0 amide bonds. The molecule has 1 heterocycles. The molecule has 4 nitrogen and oxygen atoms in total. The van der Waals surface area contributed by atoms with Gasteiger partial charge in [0.2, 0.25) is 5.88 Å². The van der Waals surface area contributed by atoms with Crippen molar-refractivity contribution in [1.29, 1.82) is 0 Å². The van der Waals surface area contributed by atoms with Crippen molar-refractivity contribution < 1.29 is 9.29 Å². The highest BCUT2D eigenvalue weighted by Gasteiger charge is 2.25. The normalized spacial score (nSPS) is 14.1. The van der Waals surface area contributed by atoms with Crippen LogP contribution in [0.5, 0.6) is 5.88 Å². The van der Waals surface area contributed by atoms with Crippen molar-refractivity contribution >= 4 is 17.6 Å². The summed E-state index contributed by atoms with van der Waals surface area (Å²) >= 11 is -1.23. The lowest BCUT2D eigenvalue weighted by Gasteiger charge is -2.17. The zero-order chi connectivity index (χ0) is 12.2. The quantitative estimate of drug-likeness (QED) is 0.599. The van der Waals surface area contributed by atoms with Gasteiger partial charge in [0, 0.05) is 17.8 Å². The summed E-state index contributed by atoms with van der Waals surface area (Å²) in [7, 11) is 1.56. The Kier molecular flexibility index (Phi) is 4.32. The van der Waals surface area contributed by atoms with Crippen molar-refractivity contribution in [2.45, 2.75) is 25.5 Å². The highest BCUT2D eigenvalue weighted by molar-refractivity contribution is 7.91.